The van der Waals surface area contributed by atoms with Crippen LogP contribution in [-0.4, -0.2) is 22.0 Å². The molecular weight excluding hydrogens is 432 g/mol. The number of nitrogens with one attached hydrogen (secondary N) is 2. The normalized spacial score (nSPS) is 10.9. The van der Waals surface area contributed by atoms with Crippen LogP contribution in [0.3, 0.4) is 0 Å². The van der Waals surface area contributed by atoms with Crippen LogP contribution in [0.2, 0.25) is 0 Å². The fourth-order valence-electron chi connectivity index (χ4n) is 3.63. The lowest BCUT2D eigenvalue weighted by Crippen LogP contribution is -2.41. The first-order valence-electron chi connectivity index (χ1n) is 10.6. The highest BCUT2D eigenvalue weighted by Crippen LogP contribution is 2.26. The monoisotopic (exact) mass is 452 g/mol. The molecule has 2 amide bonds. The fraction of sp³-hybridized carbons (Fsp3) is 0.0769. The van der Waals surface area contributed by atoms with Crippen molar-refractivity contribution in [2.24, 2.45) is 0 Å². The summed E-state index contributed by atoms with van der Waals surface area (Å²) in [6, 6.07) is 21.8. The van der Waals surface area contributed by atoms with E-state index >= 15 is 0 Å². The summed E-state index contributed by atoms with van der Waals surface area (Å²) in [6.07, 6.45) is 0. The molecule has 8 nitrogen and oxygen atoms in total. The standard InChI is InChI=1S/C26H20N4O4/c1-15-6-5-7-19(14-15)26-30-29-25(34-26)18-12-10-17(11-13-18)23(31)27-28-24(32)22-16(2)20-8-3-4-9-21(20)33-22/h3-14H,1-2H3,(H,27,31)(H,28,32). The lowest BCUT2D eigenvalue weighted by molar-refractivity contribution is 0.0831. The maximum atomic E-state index is 12.5. The number of para-hydroxylation sites is 1. The molecule has 0 aliphatic carbocycles. The summed E-state index contributed by atoms with van der Waals surface area (Å²) in [7, 11) is 0. The van der Waals surface area contributed by atoms with Gasteiger partial charge in [-0.3, -0.25) is 20.4 Å². The first-order valence-corrected chi connectivity index (χ1v) is 10.6. The van der Waals surface area contributed by atoms with E-state index in [0.717, 1.165) is 16.5 Å². The molecule has 3 aromatic carbocycles. The van der Waals surface area contributed by atoms with Crippen LogP contribution < -0.4 is 10.9 Å². The molecule has 2 N–H and O–H groups in total. The number of aromatic nitrogens is 2. The Bertz CT molecular complexity index is 1520. The second-order valence-corrected chi connectivity index (χ2v) is 7.82. The van der Waals surface area contributed by atoms with Gasteiger partial charge >= 0.3 is 5.91 Å². The van der Waals surface area contributed by atoms with E-state index in [9.17, 15) is 9.59 Å². The Balaban J connectivity index is 1.25. The molecule has 8 heteroatoms. The molecule has 0 saturated heterocycles. The van der Waals surface area contributed by atoms with E-state index in [2.05, 4.69) is 21.0 Å². The number of rotatable bonds is 4. The number of carbonyl (C=O) groups is 2. The predicted molar refractivity (Wildman–Crippen MR) is 126 cm³/mol. The molecule has 5 aromatic rings. The number of fused-ring (bicyclic) bond motifs is 1. The smallest absolute Gasteiger partial charge is 0.305 e. The van der Waals surface area contributed by atoms with Crippen LogP contribution in [0.4, 0.5) is 0 Å². The fourth-order valence-corrected chi connectivity index (χ4v) is 3.63. The van der Waals surface area contributed by atoms with Gasteiger partial charge in [-0.15, -0.1) is 10.2 Å². The average Bonchev–Trinajstić information content (AvgIpc) is 3.48. The van der Waals surface area contributed by atoms with Gasteiger partial charge < -0.3 is 8.83 Å². The summed E-state index contributed by atoms with van der Waals surface area (Å²) in [6.45, 7) is 3.79. The van der Waals surface area contributed by atoms with E-state index in [-0.39, 0.29) is 5.76 Å². The van der Waals surface area contributed by atoms with Gasteiger partial charge in [-0.05, 0) is 56.3 Å². The molecule has 5 rings (SSSR count). The van der Waals surface area contributed by atoms with Crippen molar-refractivity contribution in [2.75, 3.05) is 0 Å². The minimum absolute atomic E-state index is 0.151. The second kappa shape index (κ2) is 8.67. The zero-order chi connectivity index (χ0) is 23.7. The van der Waals surface area contributed by atoms with Gasteiger partial charge in [-0.25, -0.2) is 0 Å². The van der Waals surface area contributed by atoms with Crippen LogP contribution in [-0.2, 0) is 0 Å². The van der Waals surface area contributed by atoms with Gasteiger partial charge in [0.05, 0.1) is 0 Å². The van der Waals surface area contributed by atoms with Crippen molar-refractivity contribution >= 4 is 22.8 Å². The third-order valence-corrected chi connectivity index (χ3v) is 5.42. The Hall–Kier alpha value is -4.72. The van der Waals surface area contributed by atoms with Gasteiger partial charge in [0.2, 0.25) is 11.8 Å². The number of hydrogen-bond donors (Lipinski definition) is 2. The summed E-state index contributed by atoms with van der Waals surface area (Å²) in [4.78, 5) is 25.0. The van der Waals surface area contributed by atoms with E-state index in [4.69, 9.17) is 8.83 Å². The van der Waals surface area contributed by atoms with Crippen molar-refractivity contribution in [1.29, 1.82) is 0 Å². The van der Waals surface area contributed by atoms with E-state index in [1.54, 1.807) is 37.3 Å². The molecule has 2 heterocycles. The Morgan fingerprint density at radius 1 is 0.735 bits per heavy atom. The highest BCUT2D eigenvalue weighted by Gasteiger charge is 2.18. The maximum Gasteiger partial charge on any atom is 0.305 e. The summed E-state index contributed by atoms with van der Waals surface area (Å²) < 4.78 is 11.4. The molecule has 0 saturated carbocycles. The Labute approximate surface area is 194 Å². The van der Waals surface area contributed by atoms with Crippen molar-refractivity contribution in [3.8, 4) is 22.9 Å². The van der Waals surface area contributed by atoms with Gasteiger partial charge in [0.25, 0.3) is 5.91 Å². The minimum atomic E-state index is -0.534. The van der Waals surface area contributed by atoms with Crippen LogP contribution in [0.5, 0.6) is 0 Å². The Morgan fingerprint density at radius 2 is 1.44 bits per heavy atom. The Morgan fingerprint density at radius 3 is 2.18 bits per heavy atom. The molecule has 0 unspecified atom stereocenters. The third-order valence-electron chi connectivity index (χ3n) is 5.42. The van der Waals surface area contributed by atoms with Crippen LogP contribution in [0.25, 0.3) is 33.9 Å². The first-order chi connectivity index (χ1) is 16.5. The highest BCUT2D eigenvalue weighted by atomic mass is 16.4. The number of benzene rings is 3. The number of hydrazine groups is 1. The second-order valence-electron chi connectivity index (χ2n) is 7.82. The molecule has 0 radical (unpaired) electrons. The van der Waals surface area contributed by atoms with Crippen LogP contribution in [0.15, 0.2) is 81.6 Å². The summed E-state index contributed by atoms with van der Waals surface area (Å²) in [5.41, 5.74) is 9.07. The summed E-state index contributed by atoms with van der Waals surface area (Å²) in [5, 5.41) is 9.06. The number of carbonyl (C=O) groups excluding carboxylic acids is 2. The third kappa shape index (κ3) is 4.04. The van der Waals surface area contributed by atoms with Crippen LogP contribution in [0.1, 0.15) is 32.0 Å². The number of hydrogen-bond acceptors (Lipinski definition) is 6. The van der Waals surface area contributed by atoms with Gasteiger partial charge in [0, 0.05) is 27.6 Å². The molecular formula is C26H20N4O4. The predicted octanol–water partition coefficient (Wildman–Crippen LogP) is 4.84. The lowest BCUT2D eigenvalue weighted by atomic mass is 10.1. The summed E-state index contributed by atoms with van der Waals surface area (Å²) in [5.74, 6) is -0.0910. The molecule has 168 valence electrons. The molecule has 0 aliphatic rings. The molecule has 0 spiro atoms. The zero-order valence-electron chi connectivity index (χ0n) is 18.5. The minimum Gasteiger partial charge on any atom is -0.451 e. The number of furan rings is 1. The van der Waals surface area contributed by atoms with E-state index < -0.39 is 11.8 Å². The zero-order valence-corrected chi connectivity index (χ0v) is 18.5. The van der Waals surface area contributed by atoms with Gasteiger partial charge in [0.15, 0.2) is 5.76 Å². The molecule has 2 aromatic heterocycles. The quantitative estimate of drug-likeness (QED) is 0.378. The van der Waals surface area contributed by atoms with E-state index in [0.29, 0.717) is 34.1 Å². The van der Waals surface area contributed by atoms with Crippen molar-refractivity contribution in [3.05, 3.63) is 95.2 Å². The SMILES string of the molecule is Cc1cccc(-c2nnc(-c3ccc(C(=O)NNC(=O)c4oc5ccccc5c4C)cc3)o2)c1. The highest BCUT2D eigenvalue weighted by molar-refractivity contribution is 6.01. The molecule has 0 atom stereocenters. The average molecular weight is 452 g/mol. The largest absolute Gasteiger partial charge is 0.451 e. The number of nitrogens with zero attached hydrogens (tertiary/aromatic N) is 2. The topological polar surface area (TPSA) is 110 Å². The molecule has 0 aliphatic heterocycles. The molecule has 34 heavy (non-hydrogen) atoms. The van der Waals surface area contributed by atoms with Gasteiger partial charge in [-0.2, -0.15) is 0 Å². The van der Waals surface area contributed by atoms with Crippen molar-refractivity contribution in [1.82, 2.24) is 21.0 Å². The lowest BCUT2D eigenvalue weighted by Gasteiger charge is -2.07. The van der Waals surface area contributed by atoms with E-state index in [1.807, 2.05) is 49.4 Å². The first kappa shape index (κ1) is 21.1. The van der Waals surface area contributed by atoms with E-state index in [1.165, 1.54) is 0 Å². The van der Waals surface area contributed by atoms with Gasteiger partial charge in [0.1, 0.15) is 5.58 Å². The van der Waals surface area contributed by atoms with Crippen LogP contribution >= 0.6 is 0 Å². The van der Waals surface area contributed by atoms with Gasteiger partial charge in [-0.1, -0.05) is 35.9 Å². The number of aryl methyl sites for hydroxylation is 2. The van der Waals surface area contributed by atoms with Crippen molar-refractivity contribution in [2.45, 2.75) is 13.8 Å². The van der Waals surface area contributed by atoms with Crippen molar-refractivity contribution < 1.29 is 18.4 Å². The van der Waals surface area contributed by atoms with Crippen molar-refractivity contribution in [3.63, 3.8) is 0 Å². The summed E-state index contributed by atoms with van der Waals surface area (Å²) >= 11 is 0. The van der Waals surface area contributed by atoms with Crippen LogP contribution in [0, 0.1) is 13.8 Å². The maximum absolute atomic E-state index is 12.5. The molecule has 0 bridgehead atoms. The Kier molecular flexibility index (Phi) is 5.39. The molecule has 0 fully saturated rings. The number of amides is 2.